The van der Waals surface area contributed by atoms with Crippen molar-refractivity contribution >= 4 is 45.1 Å². The molecule has 1 atom stereocenters. The molecule has 0 amide bonds. The first kappa shape index (κ1) is 16.6. The molecule has 0 aliphatic carbocycles. The average molecular weight is 355 g/mol. The normalized spacial score (nSPS) is 21.3. The Balaban J connectivity index is 2.13. The Kier molecular flexibility index (Phi) is 5.02. The van der Waals surface area contributed by atoms with E-state index in [-0.39, 0.29) is 5.60 Å². The lowest BCUT2D eigenvalue weighted by Crippen LogP contribution is -2.33. The fraction of sp³-hybridized carbons (Fsp3) is 0.625. The topological polar surface area (TPSA) is 35.0 Å². The standard InChI is InChI=1S/C16H22N2OS3/c1-5-7-21-13-12-10-8-16(3,6-2)19-9-11(10)22-14(12)18-15(17-13)20-4/h5-9H2,1-4H3/t16-/m0/s1. The van der Waals surface area contributed by atoms with Crippen molar-refractivity contribution in [2.24, 2.45) is 0 Å². The van der Waals surface area contributed by atoms with Crippen molar-refractivity contribution in [3.63, 3.8) is 0 Å². The van der Waals surface area contributed by atoms with Gasteiger partial charge in [0, 0.05) is 16.7 Å². The fourth-order valence-corrected chi connectivity index (χ4v) is 5.20. The van der Waals surface area contributed by atoms with Crippen LogP contribution in [0.1, 0.15) is 44.1 Å². The van der Waals surface area contributed by atoms with Gasteiger partial charge in [-0.15, -0.1) is 23.1 Å². The number of fused-ring (bicyclic) bond motifs is 3. The second-order valence-corrected chi connectivity index (χ2v) is 8.76. The Morgan fingerprint density at radius 2 is 2.14 bits per heavy atom. The molecule has 0 fully saturated rings. The number of thioether (sulfide) groups is 2. The fourth-order valence-electron chi connectivity index (χ4n) is 2.64. The molecule has 120 valence electrons. The summed E-state index contributed by atoms with van der Waals surface area (Å²) in [5.74, 6) is 1.10. The molecule has 0 radical (unpaired) electrons. The first-order valence-electron chi connectivity index (χ1n) is 7.73. The lowest BCUT2D eigenvalue weighted by Gasteiger charge is -2.33. The van der Waals surface area contributed by atoms with Gasteiger partial charge in [-0.3, -0.25) is 0 Å². The van der Waals surface area contributed by atoms with Crippen LogP contribution in [0, 0.1) is 0 Å². The molecule has 0 spiro atoms. The summed E-state index contributed by atoms with van der Waals surface area (Å²) < 4.78 is 6.10. The minimum atomic E-state index is -0.0497. The Morgan fingerprint density at radius 1 is 1.32 bits per heavy atom. The summed E-state index contributed by atoms with van der Waals surface area (Å²) in [5.41, 5.74) is 1.38. The molecule has 6 heteroatoms. The summed E-state index contributed by atoms with van der Waals surface area (Å²) in [7, 11) is 0. The monoisotopic (exact) mass is 354 g/mol. The van der Waals surface area contributed by atoms with Crippen molar-refractivity contribution in [1.82, 2.24) is 9.97 Å². The molecular weight excluding hydrogens is 332 g/mol. The highest BCUT2D eigenvalue weighted by molar-refractivity contribution is 7.99. The van der Waals surface area contributed by atoms with E-state index in [0.717, 1.165) is 40.0 Å². The molecule has 0 bridgehead atoms. The van der Waals surface area contributed by atoms with Gasteiger partial charge < -0.3 is 4.74 Å². The molecular formula is C16H22N2OS3. The van der Waals surface area contributed by atoms with Crippen molar-refractivity contribution in [3.05, 3.63) is 10.4 Å². The zero-order valence-corrected chi connectivity index (χ0v) is 16.0. The molecule has 3 heterocycles. The van der Waals surface area contributed by atoms with Crippen molar-refractivity contribution < 1.29 is 4.74 Å². The van der Waals surface area contributed by atoms with Crippen LogP contribution in [0.4, 0.5) is 0 Å². The van der Waals surface area contributed by atoms with E-state index in [2.05, 4.69) is 20.8 Å². The van der Waals surface area contributed by atoms with Crippen LogP contribution in [0.5, 0.6) is 0 Å². The zero-order chi connectivity index (χ0) is 15.7. The van der Waals surface area contributed by atoms with E-state index in [1.54, 1.807) is 23.1 Å². The third kappa shape index (κ3) is 3.03. The molecule has 0 saturated heterocycles. The summed E-state index contributed by atoms with van der Waals surface area (Å²) in [4.78, 5) is 12.0. The van der Waals surface area contributed by atoms with E-state index < -0.39 is 0 Å². The smallest absolute Gasteiger partial charge is 0.189 e. The molecule has 0 N–H and O–H groups in total. The van der Waals surface area contributed by atoms with Gasteiger partial charge in [0.05, 0.1) is 12.2 Å². The highest BCUT2D eigenvalue weighted by Gasteiger charge is 2.33. The van der Waals surface area contributed by atoms with Crippen molar-refractivity contribution in [1.29, 1.82) is 0 Å². The lowest BCUT2D eigenvalue weighted by atomic mass is 9.90. The molecule has 22 heavy (non-hydrogen) atoms. The largest absolute Gasteiger partial charge is 0.369 e. The molecule has 1 aliphatic rings. The summed E-state index contributed by atoms with van der Waals surface area (Å²) in [6.45, 7) is 7.35. The van der Waals surface area contributed by atoms with Crippen LogP contribution >= 0.6 is 34.9 Å². The summed E-state index contributed by atoms with van der Waals surface area (Å²) in [6.07, 6.45) is 5.21. The summed E-state index contributed by atoms with van der Waals surface area (Å²) >= 11 is 5.27. The van der Waals surface area contributed by atoms with E-state index in [9.17, 15) is 0 Å². The Hall–Kier alpha value is -0.300. The SMILES string of the molecule is CCCSc1nc(SC)nc2sc3c(c12)C[C@](C)(CC)OC3. The van der Waals surface area contributed by atoms with Gasteiger partial charge in [0.25, 0.3) is 0 Å². The Bertz CT molecular complexity index is 686. The molecule has 1 aliphatic heterocycles. The molecule has 3 rings (SSSR count). The van der Waals surface area contributed by atoms with Crippen LogP contribution in [0.25, 0.3) is 10.2 Å². The number of hydrogen-bond donors (Lipinski definition) is 0. The predicted octanol–water partition coefficient (Wildman–Crippen LogP) is 5.16. The molecule has 2 aromatic rings. The number of ether oxygens (including phenoxy) is 1. The van der Waals surface area contributed by atoms with Crippen LogP contribution in [-0.4, -0.2) is 27.6 Å². The first-order chi connectivity index (χ1) is 10.6. The zero-order valence-electron chi connectivity index (χ0n) is 13.6. The van der Waals surface area contributed by atoms with Crippen LogP contribution in [0.2, 0.25) is 0 Å². The minimum absolute atomic E-state index is 0.0497. The third-order valence-electron chi connectivity index (χ3n) is 4.16. The maximum atomic E-state index is 6.10. The summed E-state index contributed by atoms with van der Waals surface area (Å²) in [6, 6.07) is 0. The number of hydrogen-bond acceptors (Lipinski definition) is 6. The molecule has 0 unspecified atom stereocenters. The lowest BCUT2D eigenvalue weighted by molar-refractivity contribution is -0.0543. The number of thiophene rings is 1. The van der Waals surface area contributed by atoms with E-state index in [0.29, 0.717) is 6.61 Å². The minimum Gasteiger partial charge on any atom is -0.369 e. The van der Waals surface area contributed by atoms with E-state index in [1.807, 2.05) is 18.0 Å². The molecule has 3 nitrogen and oxygen atoms in total. The van der Waals surface area contributed by atoms with Gasteiger partial charge >= 0.3 is 0 Å². The molecule has 2 aromatic heterocycles. The van der Waals surface area contributed by atoms with E-state index >= 15 is 0 Å². The second-order valence-electron chi connectivity index (χ2n) is 5.82. The predicted molar refractivity (Wildman–Crippen MR) is 97.4 cm³/mol. The molecule has 0 saturated carbocycles. The van der Waals surface area contributed by atoms with Crippen LogP contribution in [0.3, 0.4) is 0 Å². The van der Waals surface area contributed by atoms with Gasteiger partial charge in [-0.05, 0) is 37.3 Å². The van der Waals surface area contributed by atoms with Crippen molar-refractivity contribution in [3.8, 4) is 0 Å². The second kappa shape index (κ2) is 6.67. The van der Waals surface area contributed by atoms with Crippen LogP contribution < -0.4 is 0 Å². The van der Waals surface area contributed by atoms with Gasteiger partial charge in [0.2, 0.25) is 0 Å². The van der Waals surface area contributed by atoms with Gasteiger partial charge in [0.1, 0.15) is 9.86 Å². The Morgan fingerprint density at radius 3 is 2.82 bits per heavy atom. The van der Waals surface area contributed by atoms with Gasteiger partial charge in [0.15, 0.2) is 5.16 Å². The number of aromatic nitrogens is 2. The Labute approximate surface area is 144 Å². The number of nitrogens with zero attached hydrogens (tertiary/aromatic N) is 2. The highest BCUT2D eigenvalue weighted by atomic mass is 32.2. The van der Waals surface area contributed by atoms with Gasteiger partial charge in [-0.1, -0.05) is 25.6 Å². The highest BCUT2D eigenvalue weighted by Crippen LogP contribution is 2.43. The summed E-state index contributed by atoms with van der Waals surface area (Å²) in [5, 5.41) is 3.33. The van der Waals surface area contributed by atoms with E-state index in [4.69, 9.17) is 14.7 Å². The third-order valence-corrected chi connectivity index (χ3v) is 6.98. The van der Waals surface area contributed by atoms with Crippen LogP contribution in [-0.2, 0) is 17.8 Å². The number of rotatable bonds is 5. The maximum absolute atomic E-state index is 6.10. The van der Waals surface area contributed by atoms with E-state index in [1.165, 1.54) is 15.8 Å². The quantitative estimate of drug-likeness (QED) is 0.421. The van der Waals surface area contributed by atoms with Crippen molar-refractivity contribution in [2.45, 2.75) is 62.4 Å². The first-order valence-corrected chi connectivity index (χ1v) is 10.8. The van der Waals surface area contributed by atoms with Gasteiger partial charge in [-0.25, -0.2) is 9.97 Å². The van der Waals surface area contributed by atoms with Crippen LogP contribution in [0.15, 0.2) is 10.2 Å². The van der Waals surface area contributed by atoms with Gasteiger partial charge in [-0.2, -0.15) is 0 Å². The molecule has 0 aromatic carbocycles. The van der Waals surface area contributed by atoms with Crippen molar-refractivity contribution in [2.75, 3.05) is 12.0 Å². The average Bonchev–Trinajstić information content (AvgIpc) is 2.89. The maximum Gasteiger partial charge on any atom is 0.189 e.